The van der Waals surface area contributed by atoms with E-state index >= 15 is 0 Å². The zero-order valence-corrected chi connectivity index (χ0v) is 20.6. The van der Waals surface area contributed by atoms with Gasteiger partial charge in [-0.3, -0.25) is 15.1 Å². The largest absolute Gasteiger partial charge is 0.490 e. The summed E-state index contributed by atoms with van der Waals surface area (Å²) in [5.41, 5.74) is 0.758. The Morgan fingerprint density at radius 2 is 1.89 bits per heavy atom. The Morgan fingerprint density at radius 1 is 1.11 bits per heavy atom. The van der Waals surface area contributed by atoms with Crippen LogP contribution in [0.3, 0.4) is 0 Å². The van der Waals surface area contributed by atoms with Crippen LogP contribution >= 0.6 is 11.8 Å². The molecule has 0 aliphatic carbocycles. The summed E-state index contributed by atoms with van der Waals surface area (Å²) in [6.07, 6.45) is 5.25. The number of aromatic nitrogens is 3. The predicted molar refractivity (Wildman–Crippen MR) is 135 cm³/mol. The van der Waals surface area contributed by atoms with Gasteiger partial charge in [-0.05, 0) is 64.9 Å². The number of amidine groups is 1. The highest BCUT2D eigenvalue weighted by atomic mass is 32.2. The third-order valence-corrected chi connectivity index (χ3v) is 6.56. The highest BCUT2D eigenvalue weighted by molar-refractivity contribution is 8.19. The highest BCUT2D eigenvalue weighted by Gasteiger charge is 2.38. The number of morpholine rings is 1. The molecule has 0 radical (unpaired) electrons. The molecule has 0 saturated carbocycles. The fourth-order valence-corrected chi connectivity index (χ4v) is 4.74. The summed E-state index contributed by atoms with van der Waals surface area (Å²) in [6.45, 7) is 7.05. The Hall–Kier alpha value is -3.61. The predicted octanol–water partition coefficient (Wildman–Crippen LogP) is 3.03. The average Bonchev–Trinajstić information content (AvgIpc) is 3.63. The number of amides is 1. The Labute approximate surface area is 212 Å². The third kappa shape index (κ3) is 5.15. The van der Waals surface area contributed by atoms with Crippen LogP contribution in [0, 0.1) is 5.41 Å². The molecule has 4 heterocycles. The van der Waals surface area contributed by atoms with E-state index in [9.17, 15) is 4.79 Å². The SMILES string of the molecule is CCOc1cc(/C=C2/SC(=N)N(c3nonc3-n3cccc3)C2=O)ccc1OCCN1CCOCC1. The molecule has 2 aromatic heterocycles. The number of rotatable bonds is 9. The Bertz CT molecular complexity index is 1250. The molecule has 2 aliphatic heterocycles. The van der Waals surface area contributed by atoms with E-state index in [4.69, 9.17) is 24.2 Å². The first-order valence-corrected chi connectivity index (χ1v) is 12.4. The van der Waals surface area contributed by atoms with E-state index in [0.717, 1.165) is 50.2 Å². The van der Waals surface area contributed by atoms with Crippen LogP contribution < -0.4 is 14.4 Å². The lowest BCUT2D eigenvalue weighted by molar-refractivity contribution is -0.113. The van der Waals surface area contributed by atoms with Gasteiger partial charge in [0.05, 0.1) is 24.7 Å². The van der Waals surface area contributed by atoms with Crippen molar-refractivity contribution < 1.29 is 23.6 Å². The van der Waals surface area contributed by atoms with Crippen molar-refractivity contribution >= 4 is 34.7 Å². The number of carbonyl (C=O) groups excluding carboxylic acids is 1. The number of benzene rings is 1. The van der Waals surface area contributed by atoms with Crippen molar-refractivity contribution in [3.8, 4) is 17.3 Å². The van der Waals surface area contributed by atoms with Crippen LogP contribution in [0.25, 0.3) is 11.9 Å². The van der Waals surface area contributed by atoms with Crippen LogP contribution in [0.4, 0.5) is 5.82 Å². The third-order valence-electron chi connectivity index (χ3n) is 5.67. The number of hydrogen-bond acceptors (Lipinski definition) is 10. The van der Waals surface area contributed by atoms with Crippen molar-refractivity contribution in [2.24, 2.45) is 0 Å². The molecule has 1 amide bonds. The molecule has 11 nitrogen and oxygen atoms in total. The summed E-state index contributed by atoms with van der Waals surface area (Å²) >= 11 is 1.05. The Balaban J connectivity index is 1.31. The maximum Gasteiger partial charge on any atom is 0.272 e. The van der Waals surface area contributed by atoms with Gasteiger partial charge in [-0.15, -0.1) is 0 Å². The molecule has 3 aromatic rings. The summed E-state index contributed by atoms with van der Waals surface area (Å²) in [5, 5.41) is 16.2. The number of hydrogen-bond donors (Lipinski definition) is 1. The molecule has 188 valence electrons. The number of nitrogens with zero attached hydrogens (tertiary/aromatic N) is 5. The van der Waals surface area contributed by atoms with E-state index < -0.39 is 0 Å². The zero-order valence-electron chi connectivity index (χ0n) is 19.8. The van der Waals surface area contributed by atoms with Crippen LogP contribution in [-0.4, -0.2) is 76.9 Å². The van der Waals surface area contributed by atoms with Gasteiger partial charge in [0.15, 0.2) is 16.7 Å². The lowest BCUT2D eigenvalue weighted by Crippen LogP contribution is -2.38. The molecule has 0 unspecified atom stereocenters. The van der Waals surface area contributed by atoms with Gasteiger partial charge >= 0.3 is 0 Å². The van der Waals surface area contributed by atoms with Crippen molar-refractivity contribution in [1.29, 1.82) is 5.41 Å². The van der Waals surface area contributed by atoms with Crippen LogP contribution in [-0.2, 0) is 9.53 Å². The van der Waals surface area contributed by atoms with Crippen molar-refractivity contribution in [2.45, 2.75) is 6.92 Å². The van der Waals surface area contributed by atoms with Crippen LogP contribution in [0.15, 0.2) is 52.3 Å². The maximum atomic E-state index is 13.2. The summed E-state index contributed by atoms with van der Waals surface area (Å²) in [6, 6.07) is 9.19. The van der Waals surface area contributed by atoms with E-state index in [1.165, 1.54) is 4.90 Å². The van der Waals surface area contributed by atoms with E-state index in [-0.39, 0.29) is 16.9 Å². The first-order chi connectivity index (χ1) is 17.6. The first-order valence-electron chi connectivity index (χ1n) is 11.6. The molecule has 0 atom stereocenters. The fourth-order valence-electron chi connectivity index (χ4n) is 3.90. The monoisotopic (exact) mass is 510 g/mol. The summed E-state index contributed by atoms with van der Waals surface area (Å²) in [5.74, 6) is 1.37. The van der Waals surface area contributed by atoms with Gasteiger partial charge in [-0.2, -0.15) is 0 Å². The number of ether oxygens (including phenoxy) is 3. The second-order valence-electron chi connectivity index (χ2n) is 8.00. The minimum atomic E-state index is -0.377. The molecular formula is C24H26N6O5S. The Kier molecular flexibility index (Phi) is 7.35. The van der Waals surface area contributed by atoms with Gasteiger partial charge in [0, 0.05) is 32.0 Å². The first kappa shape index (κ1) is 24.1. The van der Waals surface area contributed by atoms with Gasteiger partial charge in [-0.1, -0.05) is 6.07 Å². The van der Waals surface area contributed by atoms with Crippen molar-refractivity contribution in [1.82, 2.24) is 19.8 Å². The topological polar surface area (TPSA) is 119 Å². The molecule has 12 heteroatoms. The Morgan fingerprint density at radius 3 is 2.67 bits per heavy atom. The zero-order chi connectivity index (χ0) is 24.9. The lowest BCUT2D eigenvalue weighted by atomic mass is 10.2. The minimum Gasteiger partial charge on any atom is -0.490 e. The molecule has 5 rings (SSSR count). The molecule has 0 spiro atoms. The molecule has 36 heavy (non-hydrogen) atoms. The van der Waals surface area contributed by atoms with E-state index in [0.29, 0.717) is 35.4 Å². The number of nitrogens with one attached hydrogen (secondary N) is 1. The second-order valence-corrected chi connectivity index (χ2v) is 9.03. The molecule has 2 fully saturated rings. The van der Waals surface area contributed by atoms with E-state index in [1.54, 1.807) is 23.0 Å². The summed E-state index contributed by atoms with van der Waals surface area (Å²) < 4.78 is 23.7. The van der Waals surface area contributed by atoms with Gasteiger partial charge in [0.1, 0.15) is 6.61 Å². The van der Waals surface area contributed by atoms with Gasteiger partial charge < -0.3 is 18.8 Å². The molecular weight excluding hydrogens is 484 g/mol. The van der Waals surface area contributed by atoms with Gasteiger partial charge in [-0.25, -0.2) is 9.53 Å². The average molecular weight is 511 g/mol. The quantitative estimate of drug-likeness (QED) is 0.433. The smallest absolute Gasteiger partial charge is 0.272 e. The maximum absolute atomic E-state index is 13.2. The molecule has 1 aromatic carbocycles. The van der Waals surface area contributed by atoms with E-state index in [1.807, 2.05) is 37.3 Å². The number of anilines is 1. The summed E-state index contributed by atoms with van der Waals surface area (Å²) in [7, 11) is 0. The highest BCUT2D eigenvalue weighted by Crippen LogP contribution is 2.37. The normalized spacial score (nSPS) is 17.8. The van der Waals surface area contributed by atoms with Crippen molar-refractivity contribution in [3.63, 3.8) is 0 Å². The van der Waals surface area contributed by atoms with Crippen LogP contribution in [0.2, 0.25) is 0 Å². The van der Waals surface area contributed by atoms with Crippen LogP contribution in [0.1, 0.15) is 12.5 Å². The molecule has 2 saturated heterocycles. The second kappa shape index (κ2) is 11.0. The molecule has 2 aliphatic rings. The number of carbonyl (C=O) groups is 1. The standard InChI is InChI=1S/C24H26N6O5S/c1-2-33-19-15-17(5-6-18(19)34-14-11-28-9-12-32-13-10-28)16-20-23(31)30(24(25)36-20)22-21(26-35-27-22)29-7-3-4-8-29/h3-8,15-16,25H,2,9-14H2,1H3/b20-16+,25-24?. The van der Waals surface area contributed by atoms with Crippen molar-refractivity contribution in [2.75, 3.05) is 51.0 Å². The fraction of sp³-hybridized carbons (Fsp3) is 0.333. The molecule has 0 bridgehead atoms. The van der Waals surface area contributed by atoms with E-state index in [2.05, 4.69) is 15.2 Å². The van der Waals surface area contributed by atoms with Gasteiger partial charge in [0.2, 0.25) is 11.6 Å². The van der Waals surface area contributed by atoms with Gasteiger partial charge in [0.25, 0.3) is 5.91 Å². The summed E-state index contributed by atoms with van der Waals surface area (Å²) in [4.78, 5) is 17.1. The number of thioether (sulfide) groups is 1. The van der Waals surface area contributed by atoms with Crippen molar-refractivity contribution in [3.05, 3.63) is 53.2 Å². The minimum absolute atomic E-state index is 0.0171. The molecule has 1 N–H and O–H groups in total. The lowest BCUT2D eigenvalue weighted by Gasteiger charge is -2.26. The van der Waals surface area contributed by atoms with Crippen LogP contribution in [0.5, 0.6) is 11.5 Å².